The van der Waals surface area contributed by atoms with Gasteiger partial charge in [0.1, 0.15) is 0 Å². The van der Waals surface area contributed by atoms with E-state index in [1.165, 1.54) is 12.4 Å². The molecule has 116 valence electrons. The van der Waals surface area contributed by atoms with Crippen molar-refractivity contribution < 1.29 is 9.53 Å². The lowest BCUT2D eigenvalue weighted by Crippen LogP contribution is -2.37. The van der Waals surface area contributed by atoms with Gasteiger partial charge in [0.15, 0.2) is 11.5 Å². The fourth-order valence-electron chi connectivity index (χ4n) is 2.51. The molecule has 1 aliphatic rings. The second-order valence-electron chi connectivity index (χ2n) is 5.19. The topological polar surface area (TPSA) is 81.3 Å². The largest absolute Gasteiger partial charge is 0.382 e. The zero-order valence-corrected chi connectivity index (χ0v) is 13.0. The summed E-state index contributed by atoms with van der Waals surface area (Å²) in [4.78, 5) is 23.7. The van der Waals surface area contributed by atoms with Crippen molar-refractivity contribution in [2.45, 2.75) is 25.5 Å². The predicted octanol–water partition coefficient (Wildman–Crippen LogP) is 1.94. The second kappa shape index (κ2) is 6.85. The van der Waals surface area contributed by atoms with Crippen LogP contribution in [0.3, 0.4) is 0 Å². The van der Waals surface area contributed by atoms with Gasteiger partial charge in [0.05, 0.1) is 12.6 Å². The van der Waals surface area contributed by atoms with Gasteiger partial charge in [0.25, 0.3) is 5.91 Å². The highest BCUT2D eigenvalue weighted by Crippen LogP contribution is 2.19. The zero-order chi connectivity index (χ0) is 15.4. The van der Waals surface area contributed by atoms with Crippen molar-refractivity contribution in [2.24, 2.45) is 0 Å². The maximum Gasteiger partial charge on any atom is 0.276 e. The van der Waals surface area contributed by atoms with E-state index in [-0.39, 0.29) is 23.5 Å². The van der Waals surface area contributed by atoms with Crippen molar-refractivity contribution in [1.82, 2.24) is 14.9 Å². The third-order valence-electron chi connectivity index (χ3n) is 3.59. The molecule has 2 N–H and O–H groups in total. The number of carbonyl (C=O) groups is 1. The van der Waals surface area contributed by atoms with Gasteiger partial charge in [-0.1, -0.05) is 6.07 Å². The summed E-state index contributed by atoms with van der Waals surface area (Å²) in [6.45, 7) is 1.85. The van der Waals surface area contributed by atoms with Crippen LogP contribution in [0.15, 0.2) is 29.9 Å². The number of anilines is 1. The summed E-state index contributed by atoms with van der Waals surface area (Å²) in [7, 11) is 0. The van der Waals surface area contributed by atoms with E-state index in [0.29, 0.717) is 13.1 Å². The molecule has 0 aliphatic carbocycles. The van der Waals surface area contributed by atoms with Gasteiger partial charge in [-0.05, 0) is 24.3 Å². The molecule has 0 bridgehead atoms. The molecule has 2 aromatic heterocycles. The van der Waals surface area contributed by atoms with E-state index in [4.69, 9.17) is 10.5 Å². The summed E-state index contributed by atoms with van der Waals surface area (Å²) in [5, 5.41) is 2.00. The van der Waals surface area contributed by atoms with Crippen LogP contribution in [-0.4, -0.2) is 40.0 Å². The molecule has 3 heterocycles. The molecule has 1 saturated heterocycles. The minimum absolute atomic E-state index is 0.0850. The first-order valence-corrected chi connectivity index (χ1v) is 8.12. The molecule has 7 heteroatoms. The van der Waals surface area contributed by atoms with Gasteiger partial charge in [-0.15, -0.1) is 11.3 Å². The fraction of sp³-hybridized carbons (Fsp3) is 0.400. The van der Waals surface area contributed by atoms with Crippen molar-refractivity contribution >= 4 is 23.1 Å². The Morgan fingerprint density at radius 1 is 1.45 bits per heavy atom. The molecule has 0 saturated carbocycles. The van der Waals surface area contributed by atoms with Crippen molar-refractivity contribution in [3.63, 3.8) is 0 Å². The number of ether oxygens (including phenoxy) is 1. The minimum atomic E-state index is -0.200. The molecule has 1 amide bonds. The fourth-order valence-corrected chi connectivity index (χ4v) is 3.23. The van der Waals surface area contributed by atoms with Gasteiger partial charge < -0.3 is 15.4 Å². The number of nitrogens with zero attached hydrogens (tertiary/aromatic N) is 3. The molecule has 0 spiro atoms. The zero-order valence-electron chi connectivity index (χ0n) is 12.1. The Morgan fingerprint density at radius 2 is 2.32 bits per heavy atom. The number of hydrogen-bond donors (Lipinski definition) is 1. The Morgan fingerprint density at radius 3 is 3.00 bits per heavy atom. The Labute approximate surface area is 132 Å². The first kappa shape index (κ1) is 14.9. The molecule has 1 atom stereocenters. The molecule has 3 rings (SSSR count). The molecule has 0 radical (unpaired) electrons. The van der Waals surface area contributed by atoms with Gasteiger partial charge in [-0.25, -0.2) is 9.97 Å². The van der Waals surface area contributed by atoms with Gasteiger partial charge in [0, 0.05) is 30.4 Å². The first-order chi connectivity index (χ1) is 10.7. The van der Waals surface area contributed by atoms with Crippen LogP contribution in [0.4, 0.5) is 5.82 Å². The average molecular weight is 318 g/mol. The van der Waals surface area contributed by atoms with Crippen LogP contribution in [0, 0.1) is 0 Å². The van der Waals surface area contributed by atoms with E-state index in [1.54, 1.807) is 16.2 Å². The number of amides is 1. The minimum Gasteiger partial charge on any atom is -0.382 e. The number of carbonyl (C=O) groups excluding carboxylic acids is 1. The van der Waals surface area contributed by atoms with Crippen molar-refractivity contribution in [2.75, 3.05) is 18.9 Å². The van der Waals surface area contributed by atoms with Crippen LogP contribution < -0.4 is 5.73 Å². The normalized spacial score (nSPS) is 17.5. The molecule has 1 aliphatic heterocycles. The number of rotatable bonds is 5. The van der Waals surface area contributed by atoms with Crippen LogP contribution >= 0.6 is 11.3 Å². The molecule has 22 heavy (non-hydrogen) atoms. The van der Waals surface area contributed by atoms with Crippen LogP contribution in [0.25, 0.3) is 0 Å². The molecular formula is C15H18N4O2S. The lowest BCUT2D eigenvalue weighted by Gasteiger charge is -2.25. The molecular weight excluding hydrogens is 300 g/mol. The monoisotopic (exact) mass is 318 g/mol. The smallest absolute Gasteiger partial charge is 0.276 e. The SMILES string of the molecule is Nc1nccnc1C(=O)N(Cc1cccs1)CC1CCCO1. The van der Waals surface area contributed by atoms with E-state index in [9.17, 15) is 4.79 Å². The van der Waals surface area contributed by atoms with Crippen molar-refractivity contribution in [1.29, 1.82) is 0 Å². The summed E-state index contributed by atoms with van der Waals surface area (Å²) in [6, 6.07) is 3.99. The first-order valence-electron chi connectivity index (χ1n) is 7.24. The lowest BCUT2D eigenvalue weighted by molar-refractivity contribution is 0.0506. The van der Waals surface area contributed by atoms with Gasteiger partial charge in [0.2, 0.25) is 0 Å². The Hall–Kier alpha value is -1.99. The standard InChI is InChI=1S/C15H18N4O2S/c16-14-13(17-5-6-18-14)15(20)19(9-11-3-1-7-21-11)10-12-4-2-8-22-12/h2,4-6,8,11H,1,3,7,9-10H2,(H2,16,18). The van der Waals surface area contributed by atoms with Crippen molar-refractivity contribution in [3.05, 3.63) is 40.5 Å². The summed E-state index contributed by atoms with van der Waals surface area (Å²) < 4.78 is 5.66. The number of nitrogens with two attached hydrogens (primary N) is 1. The summed E-state index contributed by atoms with van der Waals surface area (Å²) in [5.74, 6) is -0.0366. The van der Waals surface area contributed by atoms with Crippen molar-refractivity contribution in [3.8, 4) is 0 Å². The van der Waals surface area contributed by atoms with Crippen LogP contribution in [0.1, 0.15) is 28.2 Å². The van der Waals surface area contributed by atoms with Crippen LogP contribution in [0.2, 0.25) is 0 Å². The molecule has 2 aromatic rings. The Bertz CT molecular complexity index is 626. The highest BCUT2D eigenvalue weighted by Gasteiger charge is 2.26. The number of hydrogen-bond acceptors (Lipinski definition) is 6. The number of aromatic nitrogens is 2. The van der Waals surface area contributed by atoms with Crippen LogP contribution in [0.5, 0.6) is 0 Å². The summed E-state index contributed by atoms with van der Waals surface area (Å²) in [5.41, 5.74) is 6.00. The van der Waals surface area contributed by atoms with Gasteiger partial charge >= 0.3 is 0 Å². The summed E-state index contributed by atoms with van der Waals surface area (Å²) >= 11 is 1.62. The lowest BCUT2D eigenvalue weighted by atomic mass is 10.2. The van der Waals surface area contributed by atoms with E-state index in [1.807, 2.05) is 17.5 Å². The Kier molecular flexibility index (Phi) is 4.65. The second-order valence-corrected chi connectivity index (χ2v) is 6.22. The average Bonchev–Trinajstić information content (AvgIpc) is 3.20. The van der Waals surface area contributed by atoms with E-state index in [0.717, 1.165) is 24.3 Å². The van der Waals surface area contributed by atoms with Gasteiger partial charge in [-0.3, -0.25) is 4.79 Å². The molecule has 1 unspecified atom stereocenters. The highest BCUT2D eigenvalue weighted by molar-refractivity contribution is 7.09. The predicted molar refractivity (Wildman–Crippen MR) is 84.5 cm³/mol. The number of nitrogen functional groups attached to an aromatic ring is 1. The van der Waals surface area contributed by atoms with Crippen LogP contribution in [-0.2, 0) is 11.3 Å². The maximum absolute atomic E-state index is 12.8. The molecule has 1 fully saturated rings. The Balaban J connectivity index is 1.80. The van der Waals surface area contributed by atoms with E-state index < -0.39 is 0 Å². The highest BCUT2D eigenvalue weighted by atomic mass is 32.1. The summed E-state index contributed by atoms with van der Waals surface area (Å²) in [6.07, 6.45) is 5.07. The molecule has 0 aromatic carbocycles. The third kappa shape index (κ3) is 3.42. The molecule has 6 nitrogen and oxygen atoms in total. The third-order valence-corrected chi connectivity index (χ3v) is 4.45. The van der Waals surface area contributed by atoms with E-state index in [2.05, 4.69) is 9.97 Å². The van der Waals surface area contributed by atoms with Gasteiger partial charge in [-0.2, -0.15) is 0 Å². The maximum atomic E-state index is 12.8. The van der Waals surface area contributed by atoms with E-state index >= 15 is 0 Å². The number of thiophene rings is 1. The quantitative estimate of drug-likeness (QED) is 0.911.